The average Bonchev–Trinajstić information content (AvgIpc) is 2.95. The number of halogens is 2. The highest BCUT2D eigenvalue weighted by atomic mass is 35.5. The van der Waals surface area contributed by atoms with E-state index in [0.717, 1.165) is 28.4 Å². The number of fused-ring (bicyclic) bond motifs is 1. The summed E-state index contributed by atoms with van der Waals surface area (Å²) in [5, 5.41) is 0.639. The SMILES string of the molecule is CC(Cl)c1nc2ccc(Cl)cc2n1CC1CCCN1C. The minimum absolute atomic E-state index is 0.104. The maximum Gasteiger partial charge on any atom is 0.127 e. The lowest BCUT2D eigenvalue weighted by Gasteiger charge is -2.22. The van der Waals surface area contributed by atoms with Gasteiger partial charge >= 0.3 is 0 Å². The summed E-state index contributed by atoms with van der Waals surface area (Å²) < 4.78 is 2.24. The van der Waals surface area contributed by atoms with Gasteiger partial charge in [0.15, 0.2) is 0 Å². The Morgan fingerprint density at radius 2 is 2.25 bits per heavy atom. The third-order valence-corrected chi connectivity index (χ3v) is 4.59. The molecule has 0 N–H and O–H groups in total. The molecule has 1 aromatic heterocycles. The van der Waals surface area contributed by atoms with E-state index >= 15 is 0 Å². The Morgan fingerprint density at radius 3 is 2.90 bits per heavy atom. The predicted octanol–water partition coefficient (Wildman–Crippen LogP) is 4.08. The van der Waals surface area contributed by atoms with Crippen molar-refractivity contribution < 1.29 is 0 Å². The minimum atomic E-state index is -0.104. The fraction of sp³-hybridized carbons (Fsp3) is 0.533. The number of likely N-dealkylation sites (N-methyl/N-ethyl adjacent to an activating group) is 1. The molecule has 0 amide bonds. The van der Waals surface area contributed by atoms with Crippen molar-refractivity contribution in [2.24, 2.45) is 0 Å². The number of benzene rings is 1. The van der Waals surface area contributed by atoms with Crippen LogP contribution in [0.15, 0.2) is 18.2 Å². The van der Waals surface area contributed by atoms with Gasteiger partial charge < -0.3 is 9.47 Å². The second-order valence-electron chi connectivity index (χ2n) is 5.61. The Morgan fingerprint density at radius 1 is 1.45 bits per heavy atom. The highest BCUT2D eigenvalue weighted by molar-refractivity contribution is 6.31. The number of rotatable bonds is 3. The summed E-state index contributed by atoms with van der Waals surface area (Å²) in [5.41, 5.74) is 2.05. The van der Waals surface area contributed by atoms with Crippen LogP contribution in [0.5, 0.6) is 0 Å². The van der Waals surface area contributed by atoms with Crippen LogP contribution in [0.4, 0.5) is 0 Å². The molecular formula is C15H19Cl2N3. The Hall–Kier alpha value is -0.770. The van der Waals surface area contributed by atoms with E-state index in [4.69, 9.17) is 23.2 Å². The minimum Gasteiger partial charge on any atom is -0.325 e. The Kier molecular flexibility index (Phi) is 3.93. The summed E-state index contributed by atoms with van der Waals surface area (Å²) in [6.45, 7) is 4.07. The maximum atomic E-state index is 6.31. The monoisotopic (exact) mass is 311 g/mol. The normalized spacial score (nSPS) is 21.7. The van der Waals surface area contributed by atoms with Crippen LogP contribution >= 0.6 is 23.2 Å². The smallest absolute Gasteiger partial charge is 0.127 e. The molecular weight excluding hydrogens is 293 g/mol. The van der Waals surface area contributed by atoms with Crippen LogP contribution in [-0.2, 0) is 6.54 Å². The van der Waals surface area contributed by atoms with Gasteiger partial charge in [-0.05, 0) is 51.6 Å². The zero-order valence-corrected chi connectivity index (χ0v) is 13.3. The molecule has 0 spiro atoms. The number of aromatic nitrogens is 2. The molecule has 0 bridgehead atoms. The van der Waals surface area contributed by atoms with E-state index in [1.807, 2.05) is 25.1 Å². The number of imidazole rings is 1. The first kappa shape index (κ1) is 14.2. The number of hydrogen-bond donors (Lipinski definition) is 0. The number of likely N-dealkylation sites (tertiary alicyclic amines) is 1. The Bertz CT molecular complexity index is 621. The summed E-state index contributed by atoms with van der Waals surface area (Å²) in [5.74, 6) is 0.934. The van der Waals surface area contributed by atoms with Crippen molar-refractivity contribution in [2.45, 2.75) is 37.7 Å². The molecule has 5 heteroatoms. The largest absolute Gasteiger partial charge is 0.325 e. The third kappa shape index (κ3) is 2.54. The molecule has 0 saturated carbocycles. The lowest BCUT2D eigenvalue weighted by molar-refractivity contribution is 0.282. The molecule has 3 nitrogen and oxygen atoms in total. The number of hydrogen-bond acceptors (Lipinski definition) is 2. The van der Waals surface area contributed by atoms with E-state index in [9.17, 15) is 0 Å². The summed E-state index contributed by atoms with van der Waals surface area (Å²) in [6, 6.07) is 6.39. The highest BCUT2D eigenvalue weighted by Crippen LogP contribution is 2.28. The molecule has 1 saturated heterocycles. The van der Waals surface area contributed by atoms with Crippen LogP contribution in [0.3, 0.4) is 0 Å². The van der Waals surface area contributed by atoms with Crippen LogP contribution in [-0.4, -0.2) is 34.1 Å². The standard InChI is InChI=1S/C15H19Cl2N3/c1-10(16)15-18-13-6-5-11(17)8-14(13)20(15)9-12-4-3-7-19(12)2/h5-6,8,10,12H,3-4,7,9H2,1-2H3. The van der Waals surface area contributed by atoms with E-state index in [1.165, 1.54) is 19.4 Å². The van der Waals surface area contributed by atoms with Crippen molar-refractivity contribution in [3.05, 3.63) is 29.0 Å². The summed E-state index contributed by atoms with van der Waals surface area (Å²) in [7, 11) is 2.19. The van der Waals surface area contributed by atoms with Gasteiger partial charge in [0.2, 0.25) is 0 Å². The molecule has 0 aliphatic carbocycles. The van der Waals surface area contributed by atoms with E-state index < -0.39 is 0 Å². The molecule has 20 heavy (non-hydrogen) atoms. The first-order valence-electron chi connectivity index (χ1n) is 7.06. The van der Waals surface area contributed by atoms with Crippen molar-refractivity contribution in [1.82, 2.24) is 14.5 Å². The van der Waals surface area contributed by atoms with Gasteiger partial charge in [0.05, 0.1) is 16.4 Å². The van der Waals surface area contributed by atoms with Crippen LogP contribution in [0.2, 0.25) is 5.02 Å². The van der Waals surface area contributed by atoms with Gasteiger partial charge in [0.25, 0.3) is 0 Å². The van der Waals surface area contributed by atoms with Gasteiger partial charge in [-0.2, -0.15) is 0 Å². The first-order chi connectivity index (χ1) is 9.56. The summed E-state index contributed by atoms with van der Waals surface area (Å²) in [4.78, 5) is 7.09. The zero-order valence-electron chi connectivity index (χ0n) is 11.8. The van der Waals surface area contributed by atoms with Crippen molar-refractivity contribution >= 4 is 34.2 Å². The van der Waals surface area contributed by atoms with Crippen molar-refractivity contribution in [3.63, 3.8) is 0 Å². The maximum absolute atomic E-state index is 6.31. The Balaban J connectivity index is 2.05. The van der Waals surface area contributed by atoms with Gasteiger partial charge in [-0.3, -0.25) is 0 Å². The average molecular weight is 312 g/mol. The van der Waals surface area contributed by atoms with Crippen LogP contribution in [0, 0.1) is 0 Å². The summed E-state index contributed by atoms with van der Waals surface area (Å²) >= 11 is 12.5. The second kappa shape index (κ2) is 5.55. The lowest BCUT2D eigenvalue weighted by atomic mass is 10.2. The quantitative estimate of drug-likeness (QED) is 0.796. The van der Waals surface area contributed by atoms with Gasteiger partial charge in [0, 0.05) is 17.6 Å². The zero-order chi connectivity index (χ0) is 14.3. The fourth-order valence-electron chi connectivity index (χ4n) is 3.03. The van der Waals surface area contributed by atoms with Crippen LogP contribution < -0.4 is 0 Å². The van der Waals surface area contributed by atoms with Gasteiger partial charge in [0.1, 0.15) is 5.82 Å². The molecule has 2 aromatic rings. The van der Waals surface area contributed by atoms with Gasteiger partial charge in [-0.1, -0.05) is 11.6 Å². The van der Waals surface area contributed by atoms with Gasteiger partial charge in [-0.25, -0.2) is 4.98 Å². The molecule has 2 unspecified atom stereocenters. The van der Waals surface area contributed by atoms with Crippen molar-refractivity contribution in [1.29, 1.82) is 0 Å². The van der Waals surface area contributed by atoms with E-state index in [1.54, 1.807) is 0 Å². The van der Waals surface area contributed by atoms with Gasteiger partial charge in [-0.15, -0.1) is 11.6 Å². The van der Waals surface area contributed by atoms with Crippen molar-refractivity contribution in [2.75, 3.05) is 13.6 Å². The number of alkyl halides is 1. The topological polar surface area (TPSA) is 21.1 Å². The van der Waals surface area contributed by atoms with E-state index in [2.05, 4.69) is 21.5 Å². The number of nitrogens with zero attached hydrogens (tertiary/aromatic N) is 3. The molecule has 1 aliphatic heterocycles. The van der Waals surface area contributed by atoms with E-state index in [-0.39, 0.29) is 5.38 Å². The molecule has 1 aromatic carbocycles. The van der Waals surface area contributed by atoms with Crippen LogP contribution in [0.1, 0.15) is 31.0 Å². The third-order valence-electron chi connectivity index (χ3n) is 4.16. The lowest BCUT2D eigenvalue weighted by Crippen LogP contribution is -2.30. The molecule has 0 radical (unpaired) electrons. The molecule has 2 atom stereocenters. The highest BCUT2D eigenvalue weighted by Gasteiger charge is 2.24. The molecule has 1 aliphatic rings. The molecule has 3 rings (SSSR count). The predicted molar refractivity (Wildman–Crippen MR) is 84.7 cm³/mol. The summed E-state index contributed by atoms with van der Waals surface area (Å²) in [6.07, 6.45) is 2.49. The van der Waals surface area contributed by atoms with Crippen LogP contribution in [0.25, 0.3) is 11.0 Å². The molecule has 2 heterocycles. The second-order valence-corrected chi connectivity index (χ2v) is 6.70. The van der Waals surface area contributed by atoms with Crippen molar-refractivity contribution in [3.8, 4) is 0 Å². The first-order valence-corrected chi connectivity index (χ1v) is 7.87. The molecule has 1 fully saturated rings. The molecule has 108 valence electrons. The van der Waals surface area contributed by atoms with E-state index in [0.29, 0.717) is 6.04 Å². The Labute approximate surface area is 129 Å². The fourth-order valence-corrected chi connectivity index (χ4v) is 3.36.